The summed E-state index contributed by atoms with van der Waals surface area (Å²) in [7, 11) is -0.583. The molecule has 0 unspecified atom stereocenters. The summed E-state index contributed by atoms with van der Waals surface area (Å²) in [5, 5.41) is 9.08. The lowest BCUT2D eigenvalue weighted by Gasteiger charge is -2.40. The van der Waals surface area contributed by atoms with E-state index < -0.39 is 8.22 Å². The zero-order chi connectivity index (χ0) is 15.4. The lowest BCUT2D eigenvalue weighted by Crippen LogP contribution is -2.37. The largest absolute Gasteiger partial charge is 0.297 e. The van der Waals surface area contributed by atoms with E-state index in [1.165, 1.54) is 51.4 Å². The molecule has 0 radical (unpaired) electrons. The van der Waals surface area contributed by atoms with Crippen LogP contribution < -0.4 is 0 Å². The molecular weight excluding hydrogens is 301 g/mol. The molecule has 0 spiro atoms. The molecule has 4 fully saturated rings. The van der Waals surface area contributed by atoms with E-state index in [-0.39, 0.29) is 0 Å². The Bertz CT molecular complexity index is 536. The molecule has 4 aliphatic carbocycles. The number of hydrogen-bond donors (Lipinski definition) is 1. The molecule has 4 heteroatoms. The first-order valence-corrected chi connectivity index (χ1v) is 10.6. The number of benzene rings is 1. The van der Waals surface area contributed by atoms with Crippen molar-refractivity contribution in [2.45, 2.75) is 75.5 Å². The third-order valence-corrected chi connectivity index (χ3v) is 8.21. The summed E-state index contributed by atoms with van der Waals surface area (Å²) >= 11 is 0. The Morgan fingerprint density at radius 3 is 1.48 bits per heavy atom. The lowest BCUT2D eigenvalue weighted by atomic mass is 10.2. The molecule has 5 rings (SSSR count). The van der Waals surface area contributed by atoms with Gasteiger partial charge in [0.1, 0.15) is 0 Å². The fourth-order valence-corrected chi connectivity index (χ4v) is 6.87. The van der Waals surface area contributed by atoms with Crippen molar-refractivity contribution in [2.75, 3.05) is 0 Å². The van der Waals surface area contributed by atoms with Crippen LogP contribution in [0.25, 0.3) is 0 Å². The smallest absolute Gasteiger partial charge is 0.0928 e. The summed E-state index contributed by atoms with van der Waals surface area (Å²) in [5.74, 6) is 0. The molecule has 1 aromatic carbocycles. The van der Waals surface area contributed by atoms with E-state index in [0.717, 1.165) is 35.2 Å². The second-order valence-corrected chi connectivity index (χ2v) is 9.64. The van der Waals surface area contributed by atoms with E-state index in [1.807, 2.05) is 0 Å². The molecule has 4 saturated carbocycles. The van der Waals surface area contributed by atoms with Gasteiger partial charge in [0.25, 0.3) is 0 Å². The number of rotatable bonds is 8. The number of nitrogens with one attached hydrogen (secondary N) is 1. The van der Waals surface area contributed by atoms with Gasteiger partial charge >= 0.3 is 0 Å². The standard InChI is InChI=1S/C19H26N3P/c20-19(14-4-2-1-3-5-14)23(21(15-6-7-15)16-8-9-16)22(17-10-11-17)18-12-13-18/h1-5,15-18,20H,6-13H2. The first kappa shape index (κ1) is 14.6. The Labute approximate surface area is 140 Å². The molecule has 0 amide bonds. The number of hydrogen-bond acceptors (Lipinski definition) is 3. The molecule has 0 saturated heterocycles. The van der Waals surface area contributed by atoms with E-state index in [1.54, 1.807) is 0 Å². The SMILES string of the molecule is N=C(c1ccccc1)P(N(C1CC1)C1CC1)N(C1CC1)C1CC1. The average Bonchev–Trinajstić information content (AvgIpc) is 3.42. The van der Waals surface area contributed by atoms with Gasteiger partial charge in [-0.15, -0.1) is 0 Å². The van der Waals surface area contributed by atoms with Crippen LogP contribution >= 0.6 is 8.22 Å². The minimum absolute atomic E-state index is 0.583. The van der Waals surface area contributed by atoms with Crippen LogP contribution in [0.4, 0.5) is 0 Å². The maximum Gasteiger partial charge on any atom is 0.0928 e. The Morgan fingerprint density at radius 1 is 0.739 bits per heavy atom. The van der Waals surface area contributed by atoms with Gasteiger partial charge in [-0.2, -0.15) is 0 Å². The van der Waals surface area contributed by atoms with Crippen LogP contribution in [0.3, 0.4) is 0 Å². The van der Waals surface area contributed by atoms with Gasteiger partial charge in [-0.1, -0.05) is 30.3 Å². The second kappa shape index (κ2) is 5.65. The zero-order valence-electron chi connectivity index (χ0n) is 13.7. The predicted molar refractivity (Wildman–Crippen MR) is 96.0 cm³/mol. The minimum Gasteiger partial charge on any atom is -0.297 e. The Morgan fingerprint density at radius 2 is 1.13 bits per heavy atom. The van der Waals surface area contributed by atoms with Gasteiger partial charge in [-0.3, -0.25) is 14.8 Å². The molecule has 1 N–H and O–H groups in total. The van der Waals surface area contributed by atoms with Crippen molar-refractivity contribution in [3.63, 3.8) is 0 Å². The average molecular weight is 327 g/mol. The maximum absolute atomic E-state index is 9.08. The highest BCUT2D eigenvalue weighted by atomic mass is 31.1. The van der Waals surface area contributed by atoms with Gasteiger partial charge in [-0.05, 0) is 51.4 Å². The van der Waals surface area contributed by atoms with Crippen LogP contribution in [0.2, 0.25) is 0 Å². The first-order valence-electron chi connectivity index (χ1n) is 9.33. The molecule has 0 aromatic heterocycles. The molecule has 122 valence electrons. The molecule has 0 bridgehead atoms. The van der Waals surface area contributed by atoms with Crippen molar-refractivity contribution >= 4 is 13.7 Å². The fraction of sp³-hybridized carbons (Fsp3) is 0.632. The van der Waals surface area contributed by atoms with Gasteiger partial charge in [-0.25, -0.2) is 0 Å². The van der Waals surface area contributed by atoms with Crippen LogP contribution in [0.15, 0.2) is 30.3 Å². The molecule has 4 aliphatic rings. The number of nitrogens with zero attached hydrogens (tertiary/aromatic N) is 2. The Kier molecular flexibility index (Phi) is 3.58. The molecular formula is C19H26N3P. The summed E-state index contributed by atoms with van der Waals surface area (Å²) < 4.78 is 5.64. The van der Waals surface area contributed by atoms with Crippen molar-refractivity contribution < 1.29 is 0 Å². The van der Waals surface area contributed by atoms with E-state index in [0.29, 0.717) is 0 Å². The summed E-state index contributed by atoms with van der Waals surface area (Å²) in [6, 6.07) is 13.6. The minimum atomic E-state index is -0.583. The van der Waals surface area contributed by atoms with Crippen molar-refractivity contribution in [1.82, 2.24) is 9.34 Å². The van der Waals surface area contributed by atoms with Crippen molar-refractivity contribution in [1.29, 1.82) is 5.41 Å². The highest BCUT2D eigenvalue weighted by Crippen LogP contribution is 2.62. The molecule has 1 aromatic rings. The van der Waals surface area contributed by atoms with Gasteiger partial charge in [0, 0.05) is 29.7 Å². The highest BCUT2D eigenvalue weighted by molar-refractivity contribution is 7.71. The summed E-state index contributed by atoms with van der Waals surface area (Å²) in [6.45, 7) is 0. The molecule has 23 heavy (non-hydrogen) atoms. The van der Waals surface area contributed by atoms with Crippen molar-refractivity contribution in [2.24, 2.45) is 0 Å². The van der Waals surface area contributed by atoms with Gasteiger partial charge in [0.05, 0.1) is 13.7 Å². The van der Waals surface area contributed by atoms with E-state index in [2.05, 4.69) is 39.7 Å². The van der Waals surface area contributed by atoms with Gasteiger partial charge in [0.2, 0.25) is 0 Å². The zero-order valence-corrected chi connectivity index (χ0v) is 14.6. The van der Waals surface area contributed by atoms with E-state index in [9.17, 15) is 0 Å². The van der Waals surface area contributed by atoms with E-state index in [4.69, 9.17) is 5.41 Å². The highest BCUT2D eigenvalue weighted by Gasteiger charge is 2.52. The third-order valence-electron chi connectivity index (χ3n) is 5.37. The van der Waals surface area contributed by atoms with Crippen LogP contribution in [0, 0.1) is 5.41 Å². The summed E-state index contributed by atoms with van der Waals surface area (Å²) in [6.07, 6.45) is 10.9. The fourth-order valence-electron chi connectivity index (χ4n) is 3.63. The Hall–Kier alpha value is -0.760. The first-order chi connectivity index (χ1) is 11.3. The van der Waals surface area contributed by atoms with Crippen LogP contribution in [0.5, 0.6) is 0 Å². The summed E-state index contributed by atoms with van der Waals surface area (Å²) in [5.41, 5.74) is 2.06. The maximum atomic E-state index is 9.08. The topological polar surface area (TPSA) is 30.3 Å². The van der Waals surface area contributed by atoms with Crippen LogP contribution in [-0.4, -0.2) is 39.0 Å². The van der Waals surface area contributed by atoms with E-state index >= 15 is 0 Å². The third kappa shape index (κ3) is 2.99. The molecule has 0 atom stereocenters. The molecule has 0 aliphatic heterocycles. The lowest BCUT2D eigenvalue weighted by molar-refractivity contribution is 0.366. The monoisotopic (exact) mass is 327 g/mol. The van der Waals surface area contributed by atoms with Gasteiger partial charge < -0.3 is 0 Å². The normalized spacial score (nSPS) is 24.7. The van der Waals surface area contributed by atoms with Crippen molar-refractivity contribution in [3.05, 3.63) is 35.9 Å². The molecule has 0 heterocycles. The van der Waals surface area contributed by atoms with Crippen molar-refractivity contribution in [3.8, 4) is 0 Å². The summed E-state index contributed by atoms with van der Waals surface area (Å²) in [4.78, 5) is 0. The quantitative estimate of drug-likeness (QED) is 0.560. The predicted octanol–water partition coefficient (Wildman–Crippen LogP) is 4.58. The Balaban J connectivity index is 1.50. The van der Waals surface area contributed by atoms with Crippen LogP contribution in [0.1, 0.15) is 56.9 Å². The van der Waals surface area contributed by atoms with Crippen LogP contribution in [-0.2, 0) is 0 Å². The van der Waals surface area contributed by atoms with Gasteiger partial charge in [0.15, 0.2) is 0 Å². The second-order valence-electron chi connectivity index (χ2n) is 7.69. The molecule has 3 nitrogen and oxygen atoms in total.